The van der Waals surface area contributed by atoms with Crippen LogP contribution in [0.3, 0.4) is 0 Å². The summed E-state index contributed by atoms with van der Waals surface area (Å²) in [7, 11) is 1.55. The molecule has 7 aliphatic heterocycles. The van der Waals surface area contributed by atoms with Gasteiger partial charge in [-0.3, -0.25) is 9.53 Å². The largest absolute Gasteiger partial charge is 0.493 e. The minimum Gasteiger partial charge on any atom is -0.493 e. The maximum absolute atomic E-state index is 13.7. The maximum Gasteiger partial charge on any atom is 0.299 e. The van der Waals surface area contributed by atoms with Crippen molar-refractivity contribution in [3.8, 4) is 34.5 Å². The first kappa shape index (κ1) is 32.8. The smallest absolute Gasteiger partial charge is 0.299 e. The zero-order valence-corrected chi connectivity index (χ0v) is 29.3. The summed E-state index contributed by atoms with van der Waals surface area (Å²) in [5.74, 6) is 0.552. The van der Waals surface area contributed by atoms with Crippen LogP contribution in [-0.2, 0) is 33.2 Å². The van der Waals surface area contributed by atoms with Crippen LogP contribution in [0, 0.1) is 29.6 Å². The van der Waals surface area contributed by atoms with E-state index >= 15 is 0 Å². The highest BCUT2D eigenvalue weighted by Crippen LogP contribution is 2.54. The first-order chi connectivity index (χ1) is 26.5. The molecular formula is C40H38O14. The summed E-state index contributed by atoms with van der Waals surface area (Å²) in [6, 6.07) is 17.3. The van der Waals surface area contributed by atoms with E-state index in [1.165, 1.54) is 6.08 Å². The molecule has 0 aromatic heterocycles. The molecule has 0 unspecified atom stereocenters. The fraction of sp³-hybridized carbons (Fsp3) is 0.475. The van der Waals surface area contributed by atoms with E-state index in [0.29, 0.717) is 49.4 Å². The van der Waals surface area contributed by atoms with Crippen molar-refractivity contribution in [2.75, 3.05) is 53.9 Å². The molecule has 0 spiro atoms. The van der Waals surface area contributed by atoms with E-state index in [2.05, 4.69) is 0 Å². The molecule has 14 nitrogen and oxygen atoms in total. The number of fused-ring (bicyclic) bond motifs is 5. The number of aliphatic hydroxyl groups excluding tert-OH is 1. The normalized spacial score (nSPS) is 36.8. The van der Waals surface area contributed by atoms with E-state index in [9.17, 15) is 9.90 Å². The van der Waals surface area contributed by atoms with Crippen molar-refractivity contribution < 1.29 is 66.7 Å². The average molecular weight is 743 g/mol. The maximum atomic E-state index is 13.7. The van der Waals surface area contributed by atoms with Crippen molar-refractivity contribution in [2.45, 2.75) is 36.3 Å². The molecule has 3 aromatic rings. The van der Waals surface area contributed by atoms with E-state index < -0.39 is 23.9 Å². The molecule has 0 amide bonds. The van der Waals surface area contributed by atoms with Crippen LogP contribution in [0.1, 0.15) is 35.0 Å². The highest BCUT2D eigenvalue weighted by molar-refractivity contribution is 5.95. The number of hydrogen-bond donors (Lipinski definition) is 1. The molecule has 0 bridgehead atoms. The molecule has 11 atom stereocenters. The highest BCUT2D eigenvalue weighted by atomic mass is 16.8. The molecule has 1 N–H and O–H groups in total. The van der Waals surface area contributed by atoms with Crippen molar-refractivity contribution in [1.29, 1.82) is 0 Å². The third-order valence-corrected chi connectivity index (χ3v) is 12.3. The summed E-state index contributed by atoms with van der Waals surface area (Å²) < 4.78 is 71.7. The molecule has 5 fully saturated rings. The van der Waals surface area contributed by atoms with Gasteiger partial charge in [0.2, 0.25) is 13.6 Å². The van der Waals surface area contributed by atoms with Crippen molar-refractivity contribution >= 4 is 5.78 Å². The number of ketones is 1. The number of carbonyl (C=O) groups is 1. The summed E-state index contributed by atoms with van der Waals surface area (Å²) in [6.07, 6.45) is -1.38. The van der Waals surface area contributed by atoms with Crippen LogP contribution < -0.4 is 28.4 Å². The number of hydrogen-bond acceptors (Lipinski definition) is 14. The van der Waals surface area contributed by atoms with Crippen LogP contribution in [0.5, 0.6) is 34.5 Å². The Hall–Kier alpha value is -4.57. The summed E-state index contributed by atoms with van der Waals surface area (Å²) in [5.41, 5.74) is 2.88. The Kier molecular flexibility index (Phi) is 7.59. The van der Waals surface area contributed by atoms with Crippen LogP contribution in [0.4, 0.5) is 0 Å². The molecule has 14 heteroatoms. The summed E-state index contributed by atoms with van der Waals surface area (Å²) in [4.78, 5) is 13.7. The van der Waals surface area contributed by atoms with Crippen LogP contribution in [0.15, 0.2) is 66.4 Å². The molecule has 54 heavy (non-hydrogen) atoms. The standard InChI is InChI=1S/C40H38O14/c1-43-30-8-19(35-22-12-45-36(23(22)13-44-35)20-2-5-27-31(9-20)50-16-48-27)4-7-29(30)54-40-33(52-18-53-40)11-26(41)34(39(40)42)38-25-15-46-37(24(25)14-47-38)21-3-6-28-32(10-21)51-17-49-28/h2-11,22-25,34-39,42H,12-18H2,1H3/t22-,23-,24-,25-,34+,35-,36+,37+,38-,39+,40-/m0/s1. The van der Waals surface area contributed by atoms with E-state index in [0.717, 1.165) is 28.2 Å². The first-order valence-electron chi connectivity index (χ1n) is 18.3. The van der Waals surface area contributed by atoms with Crippen molar-refractivity contribution in [3.63, 3.8) is 0 Å². The second-order valence-corrected chi connectivity index (χ2v) is 14.9. The SMILES string of the molecule is COc1cc([C@@H]2OC[C@H]3[C@@H]2CO[C@@H]3c2ccc3c(c2)OCO3)ccc1O[C@@]12OCOC1=CC(=O)[C@H]([C@H]1OC[C@H]3[C@@H]1CO[C@@H]3c1ccc3c(c1)OCO3)[C@H]2O. The third kappa shape index (κ3) is 4.90. The van der Waals surface area contributed by atoms with Crippen molar-refractivity contribution in [1.82, 2.24) is 0 Å². The van der Waals surface area contributed by atoms with Gasteiger partial charge < -0.3 is 57.2 Å². The van der Waals surface area contributed by atoms with Gasteiger partial charge in [-0.25, -0.2) is 0 Å². The molecule has 7 heterocycles. The van der Waals surface area contributed by atoms with E-state index in [4.69, 9.17) is 56.8 Å². The second-order valence-electron chi connectivity index (χ2n) is 14.9. The molecule has 5 saturated heterocycles. The van der Waals surface area contributed by atoms with Gasteiger partial charge in [-0.05, 0) is 53.1 Å². The molecule has 282 valence electrons. The van der Waals surface area contributed by atoms with Crippen molar-refractivity contribution in [3.05, 3.63) is 83.1 Å². The minimum absolute atomic E-state index is 0.0408. The Bertz CT molecular complexity index is 2030. The van der Waals surface area contributed by atoms with Gasteiger partial charge in [-0.2, -0.15) is 0 Å². The van der Waals surface area contributed by atoms with Gasteiger partial charge in [-0.1, -0.05) is 18.2 Å². The lowest BCUT2D eigenvalue weighted by Crippen LogP contribution is -2.59. The molecule has 0 saturated carbocycles. The first-order valence-corrected chi connectivity index (χ1v) is 18.3. The number of rotatable bonds is 7. The lowest BCUT2D eigenvalue weighted by atomic mass is 9.75. The Morgan fingerprint density at radius 1 is 0.630 bits per heavy atom. The number of allylic oxidation sites excluding steroid dienone is 1. The predicted octanol–water partition coefficient (Wildman–Crippen LogP) is 4.15. The number of ether oxygens (including phenoxy) is 12. The van der Waals surface area contributed by atoms with Crippen LogP contribution in [-0.4, -0.2) is 82.8 Å². The van der Waals surface area contributed by atoms with Gasteiger partial charge in [0.05, 0.1) is 63.9 Å². The average Bonchev–Trinajstić information content (AvgIpc) is 4.04. The highest BCUT2D eigenvalue weighted by Gasteiger charge is 2.63. The van der Waals surface area contributed by atoms with E-state index in [-0.39, 0.29) is 73.9 Å². The fourth-order valence-electron chi connectivity index (χ4n) is 9.64. The topological polar surface area (TPSA) is 148 Å². The van der Waals surface area contributed by atoms with Gasteiger partial charge >= 0.3 is 0 Å². The number of benzene rings is 3. The number of methoxy groups -OCH3 is 1. The van der Waals surface area contributed by atoms with Gasteiger partial charge in [0.1, 0.15) is 6.10 Å². The quantitative estimate of drug-likeness (QED) is 0.370. The lowest BCUT2D eigenvalue weighted by Gasteiger charge is -2.41. The lowest BCUT2D eigenvalue weighted by molar-refractivity contribution is -0.220. The molecule has 0 radical (unpaired) electrons. The fourth-order valence-corrected chi connectivity index (χ4v) is 9.64. The Labute approximate surface area is 309 Å². The van der Waals surface area contributed by atoms with Gasteiger partial charge in [0, 0.05) is 29.7 Å². The monoisotopic (exact) mass is 742 g/mol. The van der Waals surface area contributed by atoms with Crippen molar-refractivity contribution in [2.24, 2.45) is 29.6 Å². The molecule has 1 aliphatic carbocycles. The molecule has 3 aromatic carbocycles. The van der Waals surface area contributed by atoms with Gasteiger partial charge in [0.25, 0.3) is 5.79 Å². The van der Waals surface area contributed by atoms with Crippen LogP contribution in [0.25, 0.3) is 0 Å². The summed E-state index contributed by atoms with van der Waals surface area (Å²) in [6.45, 7) is 1.97. The Balaban J connectivity index is 0.827. The second kappa shape index (κ2) is 12.5. The summed E-state index contributed by atoms with van der Waals surface area (Å²) in [5, 5.41) is 12.1. The number of aliphatic hydroxyl groups is 1. The molecule has 11 rings (SSSR count). The minimum atomic E-state index is -1.81. The predicted molar refractivity (Wildman–Crippen MR) is 181 cm³/mol. The third-order valence-electron chi connectivity index (χ3n) is 12.3. The molecular weight excluding hydrogens is 704 g/mol. The number of carbonyl (C=O) groups excluding carboxylic acids is 1. The zero-order valence-electron chi connectivity index (χ0n) is 29.3. The van der Waals surface area contributed by atoms with Gasteiger partial charge in [0.15, 0.2) is 52.8 Å². The summed E-state index contributed by atoms with van der Waals surface area (Å²) >= 11 is 0. The Morgan fingerprint density at radius 2 is 1.19 bits per heavy atom. The van der Waals surface area contributed by atoms with Crippen LogP contribution in [0.2, 0.25) is 0 Å². The Morgan fingerprint density at radius 3 is 1.83 bits per heavy atom. The van der Waals surface area contributed by atoms with Gasteiger partial charge in [-0.15, -0.1) is 0 Å². The van der Waals surface area contributed by atoms with Crippen LogP contribution >= 0.6 is 0 Å². The zero-order chi connectivity index (χ0) is 36.1. The van der Waals surface area contributed by atoms with E-state index in [1.807, 2.05) is 48.5 Å². The molecule has 8 aliphatic rings. The van der Waals surface area contributed by atoms with E-state index in [1.54, 1.807) is 13.2 Å².